The van der Waals surface area contributed by atoms with E-state index >= 15 is 0 Å². The molecule has 0 aliphatic carbocycles. The lowest BCUT2D eigenvalue weighted by molar-refractivity contribution is 0.0940. The second-order valence-corrected chi connectivity index (χ2v) is 7.53. The Labute approximate surface area is 157 Å². The Morgan fingerprint density at radius 1 is 1.19 bits per heavy atom. The van der Waals surface area contributed by atoms with Gasteiger partial charge in [-0.15, -0.1) is 0 Å². The highest BCUT2D eigenvalue weighted by Gasteiger charge is 2.23. The van der Waals surface area contributed by atoms with E-state index in [1.165, 1.54) is 11.3 Å². The molecule has 1 N–H and O–H groups in total. The molecule has 26 heavy (non-hydrogen) atoms. The molecular formula is C20H22N4OS. The third kappa shape index (κ3) is 4.03. The number of benzene rings is 1. The second kappa shape index (κ2) is 7.85. The highest BCUT2D eigenvalue weighted by Crippen LogP contribution is 2.18. The Bertz CT molecular complexity index is 844. The molecule has 134 valence electrons. The molecule has 1 aliphatic heterocycles. The minimum atomic E-state index is 0.00537. The van der Waals surface area contributed by atoms with E-state index < -0.39 is 0 Å². The van der Waals surface area contributed by atoms with Crippen molar-refractivity contribution >= 4 is 17.2 Å². The highest BCUT2D eigenvalue weighted by atomic mass is 32.1. The van der Waals surface area contributed by atoms with Gasteiger partial charge in [0.15, 0.2) is 0 Å². The zero-order chi connectivity index (χ0) is 17.8. The van der Waals surface area contributed by atoms with Gasteiger partial charge in [0.1, 0.15) is 0 Å². The predicted octanol–water partition coefficient (Wildman–Crippen LogP) is 3.01. The third-order valence-electron chi connectivity index (χ3n) is 4.72. The Morgan fingerprint density at radius 2 is 2.08 bits per heavy atom. The van der Waals surface area contributed by atoms with Crippen LogP contribution in [0.1, 0.15) is 21.6 Å². The smallest absolute Gasteiger partial charge is 0.252 e. The third-order valence-corrected chi connectivity index (χ3v) is 5.40. The van der Waals surface area contributed by atoms with Crippen molar-refractivity contribution in [2.45, 2.75) is 19.6 Å². The van der Waals surface area contributed by atoms with Crippen LogP contribution in [0.15, 0.2) is 59.4 Å². The maximum Gasteiger partial charge on any atom is 0.252 e. The van der Waals surface area contributed by atoms with E-state index in [4.69, 9.17) is 0 Å². The van der Waals surface area contributed by atoms with Crippen LogP contribution in [-0.4, -0.2) is 33.7 Å². The topological polar surface area (TPSA) is 50.2 Å². The first-order valence-corrected chi connectivity index (χ1v) is 9.79. The maximum absolute atomic E-state index is 12.3. The summed E-state index contributed by atoms with van der Waals surface area (Å²) in [5, 5.41) is 11.4. The average molecular weight is 366 g/mol. The zero-order valence-electron chi connectivity index (χ0n) is 14.5. The van der Waals surface area contributed by atoms with E-state index in [1.807, 2.05) is 29.1 Å². The molecule has 1 aromatic carbocycles. The number of amides is 1. The molecule has 3 aromatic rings. The molecule has 0 bridgehead atoms. The standard InChI is InChI=1S/C20H22N4OS/c25-20(18-7-9-26-15-18)21-10-17-12-23(11-16-4-2-1-3-5-16)14-19-6-8-22-24(19)13-17/h1-9,15,17H,10-14H2,(H,21,25). The second-order valence-electron chi connectivity index (χ2n) is 6.75. The molecule has 0 spiro atoms. The summed E-state index contributed by atoms with van der Waals surface area (Å²) in [5.41, 5.74) is 3.28. The fraction of sp³-hybridized carbons (Fsp3) is 0.300. The number of nitrogens with zero attached hydrogens (tertiary/aromatic N) is 3. The Kier molecular flexibility index (Phi) is 5.13. The monoisotopic (exact) mass is 366 g/mol. The number of thiophene rings is 1. The minimum absolute atomic E-state index is 0.00537. The minimum Gasteiger partial charge on any atom is -0.352 e. The van der Waals surface area contributed by atoms with Crippen LogP contribution < -0.4 is 5.32 Å². The molecule has 6 heteroatoms. The van der Waals surface area contributed by atoms with Gasteiger partial charge in [-0.25, -0.2) is 0 Å². The van der Waals surface area contributed by atoms with Gasteiger partial charge in [-0.2, -0.15) is 16.4 Å². The van der Waals surface area contributed by atoms with Crippen molar-refractivity contribution in [3.05, 3.63) is 76.2 Å². The number of fused-ring (bicyclic) bond motifs is 1. The number of carbonyl (C=O) groups excluding carboxylic acids is 1. The number of nitrogens with one attached hydrogen (secondary N) is 1. The summed E-state index contributed by atoms with van der Waals surface area (Å²) < 4.78 is 2.08. The van der Waals surface area contributed by atoms with Crippen molar-refractivity contribution < 1.29 is 4.79 Å². The van der Waals surface area contributed by atoms with Crippen molar-refractivity contribution in [1.82, 2.24) is 20.0 Å². The molecule has 0 saturated carbocycles. The van der Waals surface area contributed by atoms with Gasteiger partial charge < -0.3 is 5.32 Å². The van der Waals surface area contributed by atoms with Crippen molar-refractivity contribution in [2.24, 2.45) is 5.92 Å². The fourth-order valence-corrected chi connectivity index (χ4v) is 4.08. The van der Waals surface area contributed by atoms with E-state index in [-0.39, 0.29) is 5.91 Å². The number of carbonyl (C=O) groups is 1. The Hall–Kier alpha value is -2.44. The van der Waals surface area contributed by atoms with Crippen LogP contribution in [-0.2, 0) is 19.6 Å². The van der Waals surface area contributed by atoms with E-state index in [1.54, 1.807) is 11.3 Å². The number of hydrogen-bond donors (Lipinski definition) is 1. The van der Waals surface area contributed by atoms with Crippen LogP contribution >= 0.6 is 11.3 Å². The van der Waals surface area contributed by atoms with Gasteiger partial charge in [-0.05, 0) is 23.1 Å². The van der Waals surface area contributed by atoms with Crippen molar-refractivity contribution in [1.29, 1.82) is 0 Å². The molecule has 1 atom stereocenters. The van der Waals surface area contributed by atoms with Gasteiger partial charge in [0, 0.05) is 55.8 Å². The highest BCUT2D eigenvalue weighted by molar-refractivity contribution is 7.08. The molecular weight excluding hydrogens is 344 g/mol. The van der Waals surface area contributed by atoms with Gasteiger partial charge in [0.25, 0.3) is 5.91 Å². The van der Waals surface area contributed by atoms with Crippen LogP contribution in [0.4, 0.5) is 0 Å². The van der Waals surface area contributed by atoms with Gasteiger partial charge in [0.05, 0.1) is 5.69 Å². The summed E-state index contributed by atoms with van der Waals surface area (Å²) in [6.45, 7) is 4.20. The van der Waals surface area contributed by atoms with Crippen molar-refractivity contribution in [3.63, 3.8) is 0 Å². The Balaban J connectivity index is 1.44. The summed E-state index contributed by atoms with van der Waals surface area (Å²) in [6.07, 6.45) is 1.86. The van der Waals surface area contributed by atoms with E-state index in [0.717, 1.165) is 31.7 Å². The lowest BCUT2D eigenvalue weighted by Crippen LogP contribution is -2.36. The molecule has 1 unspecified atom stereocenters. The van der Waals surface area contributed by atoms with Crippen LogP contribution in [0.5, 0.6) is 0 Å². The van der Waals surface area contributed by atoms with Gasteiger partial charge in [-0.3, -0.25) is 14.4 Å². The molecule has 0 fully saturated rings. The SMILES string of the molecule is O=C(NCC1CN(Cc2ccccc2)Cc2ccnn2C1)c1ccsc1. The van der Waals surface area contributed by atoms with Crippen LogP contribution in [0.25, 0.3) is 0 Å². The summed E-state index contributed by atoms with van der Waals surface area (Å²) in [4.78, 5) is 14.7. The summed E-state index contributed by atoms with van der Waals surface area (Å²) in [7, 11) is 0. The number of hydrogen-bond acceptors (Lipinski definition) is 4. The zero-order valence-corrected chi connectivity index (χ0v) is 15.4. The maximum atomic E-state index is 12.3. The molecule has 4 rings (SSSR count). The van der Waals surface area contributed by atoms with E-state index in [0.29, 0.717) is 12.5 Å². The molecule has 0 saturated heterocycles. The van der Waals surface area contributed by atoms with Crippen LogP contribution in [0, 0.1) is 5.92 Å². The largest absolute Gasteiger partial charge is 0.352 e. The summed E-state index contributed by atoms with van der Waals surface area (Å²) in [6, 6.07) is 14.5. The van der Waals surface area contributed by atoms with Crippen molar-refractivity contribution in [2.75, 3.05) is 13.1 Å². The van der Waals surface area contributed by atoms with Crippen LogP contribution in [0.2, 0.25) is 0 Å². The van der Waals surface area contributed by atoms with Crippen molar-refractivity contribution in [3.8, 4) is 0 Å². The molecule has 1 amide bonds. The molecule has 3 heterocycles. The number of aromatic nitrogens is 2. The van der Waals surface area contributed by atoms with E-state index in [9.17, 15) is 4.79 Å². The Morgan fingerprint density at radius 3 is 2.88 bits per heavy atom. The normalized spacial score (nSPS) is 17.5. The first-order valence-electron chi connectivity index (χ1n) is 8.85. The summed E-state index contributed by atoms with van der Waals surface area (Å²) in [5.74, 6) is 0.327. The van der Waals surface area contributed by atoms with Gasteiger partial charge in [-0.1, -0.05) is 30.3 Å². The molecule has 0 radical (unpaired) electrons. The molecule has 5 nitrogen and oxygen atoms in total. The first-order chi connectivity index (χ1) is 12.8. The fourth-order valence-electron chi connectivity index (χ4n) is 3.44. The van der Waals surface area contributed by atoms with Gasteiger partial charge >= 0.3 is 0 Å². The van der Waals surface area contributed by atoms with E-state index in [2.05, 4.69) is 50.3 Å². The quantitative estimate of drug-likeness (QED) is 0.755. The first kappa shape index (κ1) is 17.0. The lowest BCUT2D eigenvalue weighted by Gasteiger charge is -2.24. The summed E-state index contributed by atoms with van der Waals surface area (Å²) >= 11 is 1.54. The predicted molar refractivity (Wildman–Crippen MR) is 103 cm³/mol. The van der Waals surface area contributed by atoms with Crippen LogP contribution in [0.3, 0.4) is 0 Å². The average Bonchev–Trinajstić information content (AvgIpc) is 3.30. The lowest BCUT2D eigenvalue weighted by atomic mass is 10.1. The van der Waals surface area contributed by atoms with Gasteiger partial charge in [0.2, 0.25) is 0 Å². The molecule has 1 aliphatic rings. The number of rotatable bonds is 5. The molecule has 2 aromatic heterocycles.